The van der Waals surface area contributed by atoms with Gasteiger partial charge in [-0.1, -0.05) is 19.1 Å². The van der Waals surface area contributed by atoms with Crippen molar-refractivity contribution in [1.82, 2.24) is 4.98 Å². The largest absolute Gasteiger partial charge is 0.494 e. The zero-order valence-electron chi connectivity index (χ0n) is 10.9. The number of hydrogen-bond acceptors (Lipinski definition) is 3. The van der Waals surface area contributed by atoms with Crippen molar-refractivity contribution in [3.05, 3.63) is 52.8 Å². The summed E-state index contributed by atoms with van der Waals surface area (Å²) in [5.41, 5.74) is 2.03. The maximum atomic E-state index is 5.60. The van der Waals surface area contributed by atoms with E-state index in [9.17, 15) is 0 Å². The molecule has 0 fully saturated rings. The van der Waals surface area contributed by atoms with Crippen molar-refractivity contribution in [2.24, 2.45) is 0 Å². The number of nitrogens with zero attached hydrogens (tertiary/aromatic N) is 1. The van der Waals surface area contributed by atoms with Gasteiger partial charge in [-0.05, 0) is 46.6 Å². The second-order valence-electron chi connectivity index (χ2n) is 4.18. The fourth-order valence-corrected chi connectivity index (χ4v) is 2.04. The van der Waals surface area contributed by atoms with E-state index in [0.29, 0.717) is 6.54 Å². The summed E-state index contributed by atoms with van der Waals surface area (Å²) in [7, 11) is 0. The Labute approximate surface area is 122 Å². The van der Waals surface area contributed by atoms with Gasteiger partial charge in [0.2, 0.25) is 0 Å². The summed E-state index contributed by atoms with van der Waals surface area (Å²) in [6.45, 7) is 3.54. The Morgan fingerprint density at radius 2 is 2.05 bits per heavy atom. The molecule has 0 aliphatic heterocycles. The van der Waals surface area contributed by atoms with Crippen molar-refractivity contribution < 1.29 is 4.74 Å². The minimum atomic E-state index is 0.691. The highest BCUT2D eigenvalue weighted by molar-refractivity contribution is 9.10. The van der Waals surface area contributed by atoms with Crippen LogP contribution in [-0.4, -0.2) is 11.6 Å². The van der Waals surface area contributed by atoms with Crippen molar-refractivity contribution in [1.29, 1.82) is 0 Å². The molecule has 1 aromatic carbocycles. The third-order valence-corrected chi connectivity index (χ3v) is 2.99. The van der Waals surface area contributed by atoms with Gasteiger partial charge in [0, 0.05) is 11.8 Å². The van der Waals surface area contributed by atoms with E-state index in [1.165, 1.54) is 0 Å². The Hall–Kier alpha value is -1.55. The number of nitrogens with one attached hydrogen (secondary N) is 1. The van der Waals surface area contributed by atoms with Gasteiger partial charge in [-0.3, -0.25) is 0 Å². The third kappa shape index (κ3) is 4.56. The summed E-state index contributed by atoms with van der Waals surface area (Å²) in [6.07, 6.45) is 1.01. The Morgan fingerprint density at radius 1 is 1.21 bits per heavy atom. The normalized spacial score (nSPS) is 10.2. The number of pyridine rings is 1. The topological polar surface area (TPSA) is 34.1 Å². The van der Waals surface area contributed by atoms with E-state index >= 15 is 0 Å². The first kappa shape index (κ1) is 13.9. The lowest BCUT2D eigenvalue weighted by molar-refractivity contribution is 0.317. The van der Waals surface area contributed by atoms with Gasteiger partial charge in [-0.2, -0.15) is 0 Å². The highest BCUT2D eigenvalue weighted by atomic mass is 79.9. The van der Waals surface area contributed by atoms with Crippen LogP contribution in [0.2, 0.25) is 0 Å². The van der Waals surface area contributed by atoms with Crippen LogP contribution in [0.15, 0.2) is 47.1 Å². The number of benzene rings is 1. The molecule has 0 aliphatic carbocycles. The minimum Gasteiger partial charge on any atom is -0.494 e. The predicted molar refractivity (Wildman–Crippen MR) is 81.5 cm³/mol. The first-order valence-corrected chi connectivity index (χ1v) is 7.15. The fourth-order valence-electron chi connectivity index (χ4n) is 1.66. The summed E-state index contributed by atoms with van der Waals surface area (Å²) in [5.74, 6) is 0.897. The van der Waals surface area contributed by atoms with Crippen molar-refractivity contribution in [3.63, 3.8) is 0 Å². The second-order valence-corrected chi connectivity index (χ2v) is 4.99. The van der Waals surface area contributed by atoms with Gasteiger partial charge in [0.15, 0.2) is 0 Å². The number of ether oxygens (including phenoxy) is 1. The molecule has 100 valence electrons. The zero-order chi connectivity index (χ0) is 13.5. The average molecular weight is 321 g/mol. The molecule has 1 heterocycles. The van der Waals surface area contributed by atoms with Crippen LogP contribution in [0.4, 0.5) is 5.69 Å². The molecule has 0 atom stereocenters. The van der Waals surface area contributed by atoms with Gasteiger partial charge in [0.1, 0.15) is 10.4 Å². The quantitative estimate of drug-likeness (QED) is 0.808. The molecular formula is C15H17BrN2O. The Kier molecular flexibility index (Phi) is 5.21. The molecule has 0 saturated carbocycles. The average Bonchev–Trinajstić information content (AvgIpc) is 2.43. The third-order valence-electron chi connectivity index (χ3n) is 2.55. The smallest absolute Gasteiger partial charge is 0.121 e. The molecule has 0 bridgehead atoms. The summed E-state index contributed by atoms with van der Waals surface area (Å²) < 4.78 is 6.46. The molecular weight excluding hydrogens is 304 g/mol. The van der Waals surface area contributed by atoms with Crippen LogP contribution in [0.25, 0.3) is 0 Å². The number of rotatable bonds is 6. The number of aromatic nitrogens is 1. The molecule has 2 rings (SSSR count). The van der Waals surface area contributed by atoms with Crippen molar-refractivity contribution >= 4 is 21.6 Å². The molecule has 0 amide bonds. The summed E-state index contributed by atoms with van der Waals surface area (Å²) in [4.78, 5) is 4.38. The molecule has 0 saturated heterocycles. The minimum absolute atomic E-state index is 0.691. The number of halogens is 1. The molecule has 19 heavy (non-hydrogen) atoms. The first-order valence-electron chi connectivity index (χ1n) is 6.36. The van der Waals surface area contributed by atoms with Gasteiger partial charge >= 0.3 is 0 Å². The summed E-state index contributed by atoms with van der Waals surface area (Å²) in [5, 5.41) is 3.34. The highest BCUT2D eigenvalue weighted by Gasteiger charge is 1.98. The molecule has 1 aromatic heterocycles. The van der Waals surface area contributed by atoms with Crippen LogP contribution >= 0.6 is 15.9 Å². The molecule has 2 aromatic rings. The van der Waals surface area contributed by atoms with Crippen LogP contribution in [0.1, 0.15) is 19.0 Å². The molecule has 0 unspecified atom stereocenters. The van der Waals surface area contributed by atoms with Gasteiger partial charge < -0.3 is 10.1 Å². The maximum absolute atomic E-state index is 5.60. The SMILES string of the molecule is CCCOc1cccc(NCc2cccc(Br)n2)c1. The van der Waals surface area contributed by atoms with Crippen molar-refractivity contribution in [2.75, 3.05) is 11.9 Å². The molecule has 0 radical (unpaired) electrons. The fraction of sp³-hybridized carbons (Fsp3) is 0.267. The number of hydrogen-bond donors (Lipinski definition) is 1. The van der Waals surface area contributed by atoms with E-state index in [4.69, 9.17) is 4.74 Å². The number of anilines is 1. The molecule has 1 N–H and O–H groups in total. The van der Waals surface area contributed by atoms with Gasteiger partial charge in [0.05, 0.1) is 18.8 Å². The molecule has 3 nitrogen and oxygen atoms in total. The monoisotopic (exact) mass is 320 g/mol. The molecule has 4 heteroatoms. The molecule has 0 spiro atoms. The van der Waals surface area contributed by atoms with E-state index in [0.717, 1.165) is 34.8 Å². The van der Waals surface area contributed by atoms with Gasteiger partial charge in [-0.25, -0.2) is 4.98 Å². The Balaban J connectivity index is 1.95. The van der Waals surface area contributed by atoms with Crippen LogP contribution in [0.3, 0.4) is 0 Å². The van der Waals surface area contributed by atoms with E-state index in [2.05, 4.69) is 33.2 Å². The van der Waals surface area contributed by atoms with Crippen molar-refractivity contribution in [2.45, 2.75) is 19.9 Å². The first-order chi connectivity index (χ1) is 9.28. The molecule has 0 aliphatic rings. The lowest BCUT2D eigenvalue weighted by Gasteiger charge is -2.09. The standard InChI is InChI=1S/C15H17BrN2O/c1-2-9-19-14-7-3-5-12(10-14)17-11-13-6-4-8-15(16)18-13/h3-8,10,17H,2,9,11H2,1H3. The van der Waals surface area contributed by atoms with Crippen LogP contribution in [0.5, 0.6) is 5.75 Å². The van der Waals surface area contributed by atoms with Gasteiger partial charge in [-0.15, -0.1) is 0 Å². The van der Waals surface area contributed by atoms with Crippen molar-refractivity contribution in [3.8, 4) is 5.75 Å². The van der Waals surface area contributed by atoms with E-state index < -0.39 is 0 Å². The summed E-state index contributed by atoms with van der Waals surface area (Å²) >= 11 is 3.37. The van der Waals surface area contributed by atoms with Crippen LogP contribution < -0.4 is 10.1 Å². The predicted octanol–water partition coefficient (Wildman–Crippen LogP) is 4.25. The Morgan fingerprint density at radius 3 is 2.84 bits per heavy atom. The van der Waals surface area contributed by atoms with E-state index in [1.54, 1.807) is 0 Å². The second kappa shape index (κ2) is 7.14. The Bertz CT molecular complexity index is 531. The van der Waals surface area contributed by atoms with E-state index in [-0.39, 0.29) is 0 Å². The highest BCUT2D eigenvalue weighted by Crippen LogP contribution is 2.18. The van der Waals surface area contributed by atoms with Crippen LogP contribution in [0, 0.1) is 0 Å². The summed E-state index contributed by atoms with van der Waals surface area (Å²) in [6, 6.07) is 13.9. The lowest BCUT2D eigenvalue weighted by Crippen LogP contribution is -2.02. The van der Waals surface area contributed by atoms with E-state index in [1.807, 2.05) is 42.5 Å². The van der Waals surface area contributed by atoms with Crippen LogP contribution in [-0.2, 0) is 6.54 Å². The zero-order valence-corrected chi connectivity index (χ0v) is 12.5. The lowest BCUT2D eigenvalue weighted by atomic mass is 10.3. The van der Waals surface area contributed by atoms with Gasteiger partial charge in [0.25, 0.3) is 0 Å². The maximum Gasteiger partial charge on any atom is 0.121 e.